The van der Waals surface area contributed by atoms with E-state index >= 15 is 0 Å². The molecule has 0 radical (unpaired) electrons. The Kier molecular flexibility index (Phi) is 8.72. The average molecular weight is 380 g/mol. The molecule has 1 atom stereocenters. The number of hydrogen-bond donors (Lipinski definition) is 3. The third kappa shape index (κ3) is 6.99. The predicted octanol–water partition coefficient (Wildman–Crippen LogP) is 0.800. The number of hydroxylamine groups is 2. The van der Waals surface area contributed by atoms with Crippen molar-refractivity contribution < 1.29 is 19.5 Å². The molecule has 2 heterocycles. The standard InChI is InChI=1S/C17H28N6O4/c1-2-3-4-5-14(11-23(26)13-24)17(25)21-20-15-10-16(19-12-18-15)22-6-8-27-9-7-22/h10,12-14,26H,2-9,11H2,1H3,(H,21,25)(H,18,19,20)/t14-/m1/s1. The van der Waals surface area contributed by atoms with E-state index in [-0.39, 0.29) is 12.5 Å². The Morgan fingerprint density at radius 3 is 2.89 bits per heavy atom. The summed E-state index contributed by atoms with van der Waals surface area (Å²) in [6, 6.07) is 1.75. The molecule has 0 aromatic carbocycles. The predicted molar refractivity (Wildman–Crippen MR) is 99.0 cm³/mol. The second-order valence-electron chi connectivity index (χ2n) is 6.40. The Hall–Kier alpha value is -2.46. The number of hydrazine groups is 1. The molecule has 10 heteroatoms. The Morgan fingerprint density at radius 1 is 1.41 bits per heavy atom. The van der Waals surface area contributed by atoms with E-state index in [1.807, 2.05) is 0 Å². The normalized spacial score (nSPS) is 15.1. The summed E-state index contributed by atoms with van der Waals surface area (Å²) in [5.41, 5.74) is 5.40. The van der Waals surface area contributed by atoms with Gasteiger partial charge >= 0.3 is 0 Å². The van der Waals surface area contributed by atoms with Crippen LogP contribution in [0.2, 0.25) is 0 Å². The Morgan fingerprint density at radius 2 is 2.19 bits per heavy atom. The van der Waals surface area contributed by atoms with Crippen LogP contribution in [0.15, 0.2) is 12.4 Å². The van der Waals surface area contributed by atoms with Crippen molar-refractivity contribution in [2.45, 2.75) is 32.6 Å². The summed E-state index contributed by atoms with van der Waals surface area (Å²) in [5, 5.41) is 9.93. The highest BCUT2D eigenvalue weighted by Crippen LogP contribution is 2.15. The van der Waals surface area contributed by atoms with Gasteiger partial charge in [-0.05, 0) is 6.42 Å². The van der Waals surface area contributed by atoms with Gasteiger partial charge in [0, 0.05) is 19.2 Å². The third-order valence-corrected chi connectivity index (χ3v) is 4.36. The SMILES string of the molecule is CCCCC[C@H](CN(O)C=O)C(=O)NNc1cc(N2CCOCC2)ncn1. The van der Waals surface area contributed by atoms with Crippen LogP contribution in [0, 0.1) is 5.92 Å². The number of amides is 2. The minimum Gasteiger partial charge on any atom is -0.378 e. The van der Waals surface area contributed by atoms with Gasteiger partial charge in [0.15, 0.2) is 0 Å². The van der Waals surface area contributed by atoms with Gasteiger partial charge < -0.3 is 9.64 Å². The molecule has 0 bridgehead atoms. The van der Waals surface area contributed by atoms with Crippen molar-refractivity contribution in [3.05, 3.63) is 12.4 Å². The van der Waals surface area contributed by atoms with Crippen LogP contribution in [0.3, 0.4) is 0 Å². The number of hydrogen-bond acceptors (Lipinski definition) is 8. The third-order valence-electron chi connectivity index (χ3n) is 4.36. The van der Waals surface area contributed by atoms with E-state index in [0.29, 0.717) is 36.9 Å². The fraction of sp³-hybridized carbons (Fsp3) is 0.647. The molecule has 3 N–H and O–H groups in total. The summed E-state index contributed by atoms with van der Waals surface area (Å²) < 4.78 is 5.33. The number of ether oxygens (including phenoxy) is 1. The highest BCUT2D eigenvalue weighted by Gasteiger charge is 2.21. The second kappa shape index (κ2) is 11.3. The summed E-state index contributed by atoms with van der Waals surface area (Å²) in [4.78, 5) is 33.6. The summed E-state index contributed by atoms with van der Waals surface area (Å²) in [7, 11) is 0. The molecule has 0 aliphatic carbocycles. The maximum Gasteiger partial charge on any atom is 0.243 e. The summed E-state index contributed by atoms with van der Waals surface area (Å²) >= 11 is 0. The molecule has 2 rings (SSSR count). The first-order chi connectivity index (χ1) is 13.1. The lowest BCUT2D eigenvalue weighted by molar-refractivity contribution is -0.154. The number of nitrogens with zero attached hydrogens (tertiary/aromatic N) is 4. The monoisotopic (exact) mass is 380 g/mol. The van der Waals surface area contributed by atoms with Crippen LogP contribution in [0.1, 0.15) is 32.6 Å². The van der Waals surface area contributed by atoms with Crippen molar-refractivity contribution in [3.8, 4) is 0 Å². The van der Waals surface area contributed by atoms with E-state index < -0.39 is 5.92 Å². The first kappa shape index (κ1) is 20.8. The quantitative estimate of drug-likeness (QED) is 0.223. The zero-order valence-corrected chi connectivity index (χ0v) is 15.6. The van der Waals surface area contributed by atoms with E-state index in [0.717, 1.165) is 38.2 Å². The van der Waals surface area contributed by atoms with Crippen molar-refractivity contribution in [1.82, 2.24) is 20.5 Å². The maximum absolute atomic E-state index is 12.5. The van der Waals surface area contributed by atoms with E-state index in [1.54, 1.807) is 6.07 Å². The number of nitrogens with one attached hydrogen (secondary N) is 2. The van der Waals surface area contributed by atoms with Gasteiger partial charge in [0.05, 0.1) is 25.7 Å². The Bertz CT molecular complexity index is 597. The van der Waals surface area contributed by atoms with Crippen molar-refractivity contribution in [1.29, 1.82) is 0 Å². The van der Waals surface area contributed by atoms with E-state index in [1.165, 1.54) is 6.33 Å². The number of aromatic nitrogens is 2. The fourth-order valence-corrected chi connectivity index (χ4v) is 2.82. The van der Waals surface area contributed by atoms with E-state index in [2.05, 4.69) is 32.6 Å². The number of unbranched alkanes of at least 4 members (excludes halogenated alkanes) is 2. The summed E-state index contributed by atoms with van der Waals surface area (Å²) in [5.74, 6) is 0.397. The maximum atomic E-state index is 12.5. The highest BCUT2D eigenvalue weighted by atomic mass is 16.5. The summed E-state index contributed by atoms with van der Waals surface area (Å²) in [6.07, 6.45) is 5.16. The van der Waals surface area contributed by atoms with Crippen LogP contribution in [0.5, 0.6) is 0 Å². The Labute approximate surface area is 158 Å². The fourth-order valence-electron chi connectivity index (χ4n) is 2.82. The molecular weight excluding hydrogens is 352 g/mol. The largest absolute Gasteiger partial charge is 0.378 e. The molecule has 1 aliphatic heterocycles. The van der Waals surface area contributed by atoms with Crippen molar-refractivity contribution in [2.24, 2.45) is 5.92 Å². The van der Waals surface area contributed by atoms with Gasteiger partial charge in [0.25, 0.3) is 0 Å². The molecule has 2 amide bonds. The molecule has 0 unspecified atom stereocenters. The van der Waals surface area contributed by atoms with Crippen molar-refractivity contribution in [2.75, 3.05) is 43.2 Å². The molecule has 0 spiro atoms. The van der Waals surface area contributed by atoms with Gasteiger partial charge in [-0.25, -0.2) is 15.0 Å². The minimum absolute atomic E-state index is 0.0521. The van der Waals surface area contributed by atoms with Gasteiger partial charge in [0.1, 0.15) is 18.0 Å². The molecule has 1 fully saturated rings. The van der Waals surface area contributed by atoms with Crippen LogP contribution in [-0.4, -0.2) is 65.4 Å². The molecular formula is C17H28N6O4. The van der Waals surface area contributed by atoms with E-state index in [4.69, 9.17) is 4.74 Å². The first-order valence-electron chi connectivity index (χ1n) is 9.25. The zero-order valence-electron chi connectivity index (χ0n) is 15.6. The van der Waals surface area contributed by atoms with E-state index in [9.17, 15) is 14.8 Å². The van der Waals surface area contributed by atoms with Gasteiger partial charge in [-0.2, -0.15) is 0 Å². The molecule has 0 saturated carbocycles. The topological polar surface area (TPSA) is 120 Å². The van der Waals surface area contributed by atoms with Crippen LogP contribution in [-0.2, 0) is 14.3 Å². The van der Waals surface area contributed by atoms with Crippen LogP contribution in [0.25, 0.3) is 0 Å². The average Bonchev–Trinajstić information content (AvgIpc) is 2.72. The molecule has 27 heavy (non-hydrogen) atoms. The number of morpholine rings is 1. The summed E-state index contributed by atoms with van der Waals surface area (Å²) in [6.45, 7) is 4.82. The highest BCUT2D eigenvalue weighted by molar-refractivity contribution is 5.80. The number of carbonyl (C=O) groups excluding carboxylic acids is 2. The van der Waals surface area contributed by atoms with Crippen LogP contribution >= 0.6 is 0 Å². The lowest BCUT2D eigenvalue weighted by Gasteiger charge is -2.27. The molecule has 10 nitrogen and oxygen atoms in total. The molecule has 1 aromatic rings. The Balaban J connectivity index is 1.91. The smallest absolute Gasteiger partial charge is 0.243 e. The van der Waals surface area contributed by atoms with Gasteiger partial charge in [-0.15, -0.1) is 0 Å². The number of carbonyl (C=O) groups is 2. The first-order valence-corrected chi connectivity index (χ1v) is 9.25. The van der Waals surface area contributed by atoms with Gasteiger partial charge in [0.2, 0.25) is 12.3 Å². The van der Waals surface area contributed by atoms with Gasteiger partial charge in [-0.1, -0.05) is 26.2 Å². The number of rotatable bonds is 11. The van der Waals surface area contributed by atoms with Crippen LogP contribution < -0.4 is 15.8 Å². The lowest BCUT2D eigenvalue weighted by Crippen LogP contribution is -2.40. The lowest BCUT2D eigenvalue weighted by atomic mass is 10.0. The molecule has 150 valence electrons. The van der Waals surface area contributed by atoms with Crippen LogP contribution in [0.4, 0.5) is 11.6 Å². The molecule has 1 aliphatic rings. The zero-order chi connectivity index (χ0) is 19.5. The van der Waals surface area contributed by atoms with Gasteiger partial charge in [-0.3, -0.25) is 25.6 Å². The number of anilines is 2. The second-order valence-corrected chi connectivity index (χ2v) is 6.40. The molecule has 1 saturated heterocycles. The minimum atomic E-state index is -0.514. The van der Waals surface area contributed by atoms with Crippen molar-refractivity contribution >= 4 is 24.0 Å². The molecule has 1 aromatic heterocycles. The van der Waals surface area contributed by atoms with Crippen molar-refractivity contribution in [3.63, 3.8) is 0 Å².